The Kier molecular flexibility index (Phi) is 2.10. The van der Waals surface area contributed by atoms with Crippen molar-refractivity contribution in [2.24, 2.45) is 5.92 Å². The number of carbonyl (C=O) groups excluding carboxylic acids is 1. The number of rotatable bonds is 2. The summed E-state index contributed by atoms with van der Waals surface area (Å²) in [6.45, 7) is 4.55. The Hall–Kier alpha value is -0.790. The molecule has 0 N–H and O–H groups in total. The molecule has 1 aliphatic rings. The average Bonchev–Trinajstić information content (AvgIpc) is 2.14. The van der Waals surface area contributed by atoms with Gasteiger partial charge in [-0.25, -0.2) is 0 Å². The van der Waals surface area contributed by atoms with Crippen LogP contribution in [0.4, 0.5) is 0 Å². The van der Waals surface area contributed by atoms with Crippen LogP contribution in [0.5, 0.6) is 0 Å². The predicted octanol–water partition coefficient (Wildman–Crippen LogP) is 1.04. The summed E-state index contributed by atoms with van der Waals surface area (Å²) in [5, 5.41) is 0. The molecule has 1 amide bonds. The highest BCUT2D eigenvalue weighted by Crippen LogP contribution is 2.18. The van der Waals surface area contributed by atoms with Gasteiger partial charge in [-0.2, -0.15) is 0 Å². The van der Waals surface area contributed by atoms with E-state index in [2.05, 4.69) is 6.58 Å². The molecule has 1 saturated heterocycles. The normalized spacial score (nSPS) is 25.5. The van der Waals surface area contributed by atoms with E-state index in [4.69, 9.17) is 0 Å². The summed E-state index contributed by atoms with van der Waals surface area (Å²) in [4.78, 5) is 12.7. The van der Waals surface area contributed by atoms with E-state index in [1.165, 1.54) is 0 Å². The zero-order valence-electron chi connectivity index (χ0n) is 6.34. The molecule has 0 bridgehead atoms. The quantitative estimate of drug-likeness (QED) is 0.523. The Labute approximate surface area is 61.5 Å². The van der Waals surface area contributed by atoms with Gasteiger partial charge in [0.25, 0.3) is 0 Å². The van der Waals surface area contributed by atoms with Crippen molar-refractivity contribution in [3.05, 3.63) is 12.7 Å². The third kappa shape index (κ3) is 1.38. The number of hydrogen-bond acceptors (Lipinski definition) is 1. The molecule has 2 heteroatoms. The highest BCUT2D eigenvalue weighted by molar-refractivity contribution is 5.78. The number of nitrogens with zero attached hydrogens (tertiary/aromatic N) is 1. The van der Waals surface area contributed by atoms with E-state index in [9.17, 15) is 4.79 Å². The first-order valence-electron chi connectivity index (χ1n) is 3.59. The molecule has 1 unspecified atom stereocenters. The summed E-state index contributed by atoms with van der Waals surface area (Å²) in [7, 11) is 1.85. The van der Waals surface area contributed by atoms with Crippen LogP contribution in [0.2, 0.25) is 0 Å². The maximum Gasteiger partial charge on any atom is 0.222 e. The fourth-order valence-corrected chi connectivity index (χ4v) is 1.35. The van der Waals surface area contributed by atoms with Gasteiger partial charge in [0.2, 0.25) is 5.91 Å². The van der Waals surface area contributed by atoms with Gasteiger partial charge >= 0.3 is 0 Å². The van der Waals surface area contributed by atoms with Crippen LogP contribution >= 0.6 is 0 Å². The Morgan fingerprint density at radius 3 is 3.00 bits per heavy atom. The lowest BCUT2D eigenvalue weighted by atomic mass is 10.1. The van der Waals surface area contributed by atoms with Gasteiger partial charge in [0.1, 0.15) is 0 Å². The molecule has 1 rings (SSSR count). The van der Waals surface area contributed by atoms with Crippen molar-refractivity contribution < 1.29 is 4.79 Å². The highest BCUT2D eigenvalue weighted by atomic mass is 16.2. The van der Waals surface area contributed by atoms with Crippen LogP contribution in [0.1, 0.15) is 12.8 Å². The molecular formula is C8H13NO. The van der Waals surface area contributed by atoms with Gasteiger partial charge in [-0.3, -0.25) is 4.79 Å². The van der Waals surface area contributed by atoms with E-state index in [1.54, 1.807) is 4.90 Å². The van der Waals surface area contributed by atoms with Crippen LogP contribution < -0.4 is 0 Å². The largest absolute Gasteiger partial charge is 0.345 e. The fourth-order valence-electron chi connectivity index (χ4n) is 1.35. The minimum Gasteiger partial charge on any atom is -0.345 e. The molecular weight excluding hydrogens is 126 g/mol. The van der Waals surface area contributed by atoms with Gasteiger partial charge in [-0.15, -0.1) is 6.58 Å². The number of allylic oxidation sites excluding steroid dienone is 1. The van der Waals surface area contributed by atoms with Gasteiger partial charge in [-0.1, -0.05) is 6.08 Å². The van der Waals surface area contributed by atoms with E-state index in [1.807, 2.05) is 13.1 Å². The van der Waals surface area contributed by atoms with E-state index in [0.717, 1.165) is 13.0 Å². The highest BCUT2D eigenvalue weighted by Gasteiger charge is 2.24. The van der Waals surface area contributed by atoms with Gasteiger partial charge in [0.05, 0.1) is 0 Å². The second kappa shape index (κ2) is 2.86. The van der Waals surface area contributed by atoms with Gasteiger partial charge in [0.15, 0.2) is 0 Å². The third-order valence-corrected chi connectivity index (χ3v) is 1.92. The van der Waals surface area contributed by atoms with Crippen LogP contribution in [0.3, 0.4) is 0 Å². The molecule has 10 heavy (non-hydrogen) atoms. The lowest BCUT2D eigenvalue weighted by Crippen LogP contribution is -2.18. The maximum absolute atomic E-state index is 11.0. The summed E-state index contributed by atoms with van der Waals surface area (Å²) in [5.74, 6) is 0.793. The molecule has 1 fully saturated rings. The monoisotopic (exact) mass is 139 g/mol. The molecule has 0 aromatic rings. The van der Waals surface area contributed by atoms with Crippen LogP contribution in [0, 0.1) is 5.92 Å². The van der Waals surface area contributed by atoms with Crippen LogP contribution in [-0.2, 0) is 4.79 Å². The molecule has 0 aliphatic carbocycles. The van der Waals surface area contributed by atoms with Crippen molar-refractivity contribution >= 4 is 5.91 Å². The van der Waals surface area contributed by atoms with E-state index >= 15 is 0 Å². The zero-order chi connectivity index (χ0) is 7.56. The van der Waals surface area contributed by atoms with Crippen molar-refractivity contribution in [3.8, 4) is 0 Å². The van der Waals surface area contributed by atoms with Crippen molar-refractivity contribution in [2.75, 3.05) is 13.6 Å². The number of likely N-dealkylation sites (tertiary alicyclic amines) is 1. The summed E-state index contributed by atoms with van der Waals surface area (Å²) in [5.41, 5.74) is 0. The Balaban J connectivity index is 2.41. The number of amides is 1. The van der Waals surface area contributed by atoms with E-state index < -0.39 is 0 Å². The van der Waals surface area contributed by atoms with Gasteiger partial charge in [0, 0.05) is 20.0 Å². The number of carbonyl (C=O) groups is 1. The molecule has 1 heterocycles. The Bertz CT molecular complexity index is 153. The fraction of sp³-hybridized carbons (Fsp3) is 0.625. The molecule has 2 nitrogen and oxygen atoms in total. The summed E-state index contributed by atoms with van der Waals surface area (Å²) in [6, 6.07) is 0. The SMILES string of the molecule is C=CCC1CC(=O)N(C)C1. The summed E-state index contributed by atoms with van der Waals surface area (Å²) < 4.78 is 0. The topological polar surface area (TPSA) is 20.3 Å². The lowest BCUT2D eigenvalue weighted by molar-refractivity contribution is -0.126. The smallest absolute Gasteiger partial charge is 0.222 e. The molecule has 56 valence electrons. The van der Waals surface area contributed by atoms with E-state index in [-0.39, 0.29) is 5.91 Å². The third-order valence-electron chi connectivity index (χ3n) is 1.92. The second-order valence-electron chi connectivity index (χ2n) is 2.87. The first-order chi connectivity index (χ1) is 4.74. The molecule has 0 aromatic heterocycles. The van der Waals surface area contributed by atoms with Gasteiger partial charge in [-0.05, 0) is 12.3 Å². The van der Waals surface area contributed by atoms with Crippen molar-refractivity contribution in [1.29, 1.82) is 0 Å². The standard InChI is InChI=1S/C8H13NO/c1-3-4-7-5-8(10)9(2)6-7/h3,7H,1,4-6H2,2H3. The van der Waals surface area contributed by atoms with E-state index in [0.29, 0.717) is 12.3 Å². The molecule has 1 atom stereocenters. The van der Waals surface area contributed by atoms with Crippen molar-refractivity contribution in [3.63, 3.8) is 0 Å². The maximum atomic E-state index is 11.0. The lowest BCUT2D eigenvalue weighted by Gasteiger charge is -2.06. The van der Waals surface area contributed by atoms with Crippen LogP contribution in [0.25, 0.3) is 0 Å². The molecule has 0 spiro atoms. The Morgan fingerprint density at radius 2 is 2.60 bits per heavy atom. The van der Waals surface area contributed by atoms with Crippen LogP contribution in [0.15, 0.2) is 12.7 Å². The molecule has 0 saturated carbocycles. The van der Waals surface area contributed by atoms with Crippen molar-refractivity contribution in [2.45, 2.75) is 12.8 Å². The number of hydrogen-bond donors (Lipinski definition) is 0. The molecule has 1 aliphatic heterocycles. The van der Waals surface area contributed by atoms with Crippen LogP contribution in [-0.4, -0.2) is 24.4 Å². The van der Waals surface area contributed by atoms with Gasteiger partial charge < -0.3 is 4.90 Å². The first kappa shape index (κ1) is 7.32. The predicted molar refractivity (Wildman–Crippen MR) is 40.6 cm³/mol. The zero-order valence-corrected chi connectivity index (χ0v) is 6.34. The minimum absolute atomic E-state index is 0.270. The average molecular weight is 139 g/mol. The molecule has 0 radical (unpaired) electrons. The second-order valence-corrected chi connectivity index (χ2v) is 2.87. The first-order valence-corrected chi connectivity index (χ1v) is 3.59. The minimum atomic E-state index is 0.270. The summed E-state index contributed by atoms with van der Waals surface area (Å²) in [6.07, 6.45) is 3.57. The molecule has 0 aromatic carbocycles. The summed E-state index contributed by atoms with van der Waals surface area (Å²) >= 11 is 0. The Morgan fingerprint density at radius 1 is 1.90 bits per heavy atom. The van der Waals surface area contributed by atoms with Crippen molar-refractivity contribution in [1.82, 2.24) is 4.90 Å².